The summed E-state index contributed by atoms with van der Waals surface area (Å²) >= 11 is 0. The van der Waals surface area contributed by atoms with Crippen LogP contribution in [0.2, 0.25) is 0 Å². The Morgan fingerprint density at radius 3 is 2.71 bits per heavy atom. The van der Waals surface area contributed by atoms with Gasteiger partial charge in [0.15, 0.2) is 0 Å². The molecule has 0 aliphatic carbocycles. The van der Waals surface area contributed by atoms with Gasteiger partial charge in [-0.05, 0) is 37.1 Å². The minimum atomic E-state index is -0.359. The molecule has 2 amide bonds. The Bertz CT molecular complexity index is 554. The van der Waals surface area contributed by atoms with Crippen LogP contribution in [0.1, 0.15) is 25.0 Å². The summed E-state index contributed by atoms with van der Waals surface area (Å²) in [5.74, 6) is -0.103. The lowest BCUT2D eigenvalue weighted by Gasteiger charge is -2.15. The first-order valence-corrected chi connectivity index (χ1v) is 7.21. The summed E-state index contributed by atoms with van der Waals surface area (Å²) in [5.41, 5.74) is 3.16. The molecule has 1 N–H and O–H groups in total. The number of cyclic esters (lactones) is 1. The maximum Gasteiger partial charge on any atom is 0.414 e. The van der Waals surface area contributed by atoms with Gasteiger partial charge in [-0.2, -0.15) is 0 Å². The average molecular weight is 290 g/mol. The topological polar surface area (TPSA) is 58.6 Å². The SMILES string of the molecule is Cc1ccc(N2CC(CNC(=O)C(C)C)OC2=O)cc1C. The highest BCUT2D eigenvalue weighted by Crippen LogP contribution is 2.23. The van der Waals surface area contributed by atoms with Gasteiger partial charge in [-0.15, -0.1) is 0 Å². The van der Waals surface area contributed by atoms with Gasteiger partial charge in [0, 0.05) is 11.6 Å². The zero-order valence-corrected chi connectivity index (χ0v) is 13.0. The summed E-state index contributed by atoms with van der Waals surface area (Å²) in [6.45, 7) is 8.52. The van der Waals surface area contributed by atoms with Gasteiger partial charge in [0.05, 0.1) is 13.1 Å². The highest BCUT2D eigenvalue weighted by Gasteiger charge is 2.32. The van der Waals surface area contributed by atoms with E-state index in [0.717, 1.165) is 11.3 Å². The lowest BCUT2D eigenvalue weighted by molar-refractivity contribution is -0.124. The molecule has 0 saturated carbocycles. The highest BCUT2D eigenvalue weighted by atomic mass is 16.6. The summed E-state index contributed by atoms with van der Waals surface area (Å²) in [6.07, 6.45) is -0.663. The molecule has 1 heterocycles. The molecular weight excluding hydrogens is 268 g/mol. The second-order valence-electron chi connectivity index (χ2n) is 5.78. The van der Waals surface area contributed by atoms with Crippen molar-refractivity contribution in [1.29, 1.82) is 0 Å². The molecule has 0 spiro atoms. The van der Waals surface area contributed by atoms with Crippen LogP contribution in [0.5, 0.6) is 0 Å². The lowest BCUT2D eigenvalue weighted by atomic mass is 10.1. The summed E-state index contributed by atoms with van der Waals surface area (Å²) in [5, 5.41) is 2.79. The number of amides is 2. The van der Waals surface area contributed by atoms with E-state index in [9.17, 15) is 9.59 Å². The number of ether oxygens (including phenoxy) is 1. The second kappa shape index (κ2) is 6.16. The van der Waals surface area contributed by atoms with Gasteiger partial charge in [-0.3, -0.25) is 9.69 Å². The molecule has 0 bridgehead atoms. The molecule has 0 aromatic heterocycles. The van der Waals surface area contributed by atoms with Crippen molar-refractivity contribution in [3.8, 4) is 0 Å². The van der Waals surface area contributed by atoms with Crippen molar-refractivity contribution >= 4 is 17.7 Å². The number of carbonyl (C=O) groups excluding carboxylic acids is 2. The predicted molar refractivity (Wildman–Crippen MR) is 81.4 cm³/mol. The lowest BCUT2D eigenvalue weighted by Crippen LogP contribution is -2.36. The maximum atomic E-state index is 12.0. The highest BCUT2D eigenvalue weighted by molar-refractivity contribution is 5.90. The van der Waals surface area contributed by atoms with Crippen LogP contribution < -0.4 is 10.2 Å². The third kappa shape index (κ3) is 3.54. The van der Waals surface area contributed by atoms with Gasteiger partial charge < -0.3 is 10.1 Å². The van der Waals surface area contributed by atoms with Crippen molar-refractivity contribution in [2.75, 3.05) is 18.0 Å². The normalized spacial score (nSPS) is 18.0. The van der Waals surface area contributed by atoms with E-state index in [1.54, 1.807) is 4.90 Å². The monoisotopic (exact) mass is 290 g/mol. The van der Waals surface area contributed by atoms with E-state index >= 15 is 0 Å². The second-order valence-corrected chi connectivity index (χ2v) is 5.78. The number of aryl methyl sites for hydroxylation is 2. The number of hydrogen-bond donors (Lipinski definition) is 1. The molecule has 1 aromatic rings. The van der Waals surface area contributed by atoms with Gasteiger partial charge in [0.2, 0.25) is 5.91 Å². The van der Waals surface area contributed by atoms with E-state index in [1.165, 1.54) is 5.56 Å². The van der Waals surface area contributed by atoms with E-state index in [4.69, 9.17) is 4.74 Å². The van der Waals surface area contributed by atoms with Crippen LogP contribution in [0.3, 0.4) is 0 Å². The zero-order chi connectivity index (χ0) is 15.6. The molecule has 1 aliphatic rings. The minimum Gasteiger partial charge on any atom is -0.442 e. The van der Waals surface area contributed by atoms with Crippen molar-refractivity contribution < 1.29 is 14.3 Å². The fourth-order valence-corrected chi connectivity index (χ4v) is 2.15. The van der Waals surface area contributed by atoms with E-state index in [0.29, 0.717) is 13.1 Å². The van der Waals surface area contributed by atoms with E-state index in [2.05, 4.69) is 5.32 Å². The van der Waals surface area contributed by atoms with Gasteiger partial charge in [-0.25, -0.2) is 4.79 Å². The molecule has 0 radical (unpaired) electrons. The quantitative estimate of drug-likeness (QED) is 0.926. The first-order valence-electron chi connectivity index (χ1n) is 7.21. The third-order valence-corrected chi connectivity index (χ3v) is 3.70. The molecule has 1 aliphatic heterocycles. The number of benzene rings is 1. The van der Waals surface area contributed by atoms with Gasteiger partial charge in [0.25, 0.3) is 0 Å². The van der Waals surface area contributed by atoms with Crippen molar-refractivity contribution in [2.24, 2.45) is 5.92 Å². The van der Waals surface area contributed by atoms with Gasteiger partial charge in [-0.1, -0.05) is 19.9 Å². The van der Waals surface area contributed by atoms with Crippen LogP contribution >= 0.6 is 0 Å². The predicted octanol–water partition coefficient (Wildman–Crippen LogP) is 2.40. The Morgan fingerprint density at radius 1 is 1.38 bits per heavy atom. The zero-order valence-electron chi connectivity index (χ0n) is 13.0. The summed E-state index contributed by atoms with van der Waals surface area (Å²) in [7, 11) is 0. The molecule has 114 valence electrons. The van der Waals surface area contributed by atoms with Crippen LogP contribution in [0, 0.1) is 19.8 Å². The molecule has 5 heteroatoms. The van der Waals surface area contributed by atoms with Crippen molar-refractivity contribution in [1.82, 2.24) is 5.32 Å². The molecular formula is C16H22N2O3. The standard InChI is InChI=1S/C16H22N2O3/c1-10(2)15(19)17-8-14-9-18(16(20)21-14)13-6-5-11(3)12(4)7-13/h5-7,10,14H,8-9H2,1-4H3,(H,17,19). The fraction of sp³-hybridized carbons (Fsp3) is 0.500. The number of carbonyl (C=O) groups is 2. The smallest absolute Gasteiger partial charge is 0.414 e. The van der Waals surface area contributed by atoms with E-state index in [1.807, 2.05) is 45.9 Å². The molecule has 1 atom stereocenters. The Morgan fingerprint density at radius 2 is 2.10 bits per heavy atom. The molecule has 1 saturated heterocycles. The first kappa shape index (κ1) is 15.4. The Hall–Kier alpha value is -2.04. The van der Waals surface area contributed by atoms with Gasteiger partial charge >= 0.3 is 6.09 Å². The summed E-state index contributed by atoms with van der Waals surface area (Å²) < 4.78 is 5.30. The first-order chi connectivity index (χ1) is 9.88. The van der Waals surface area contributed by atoms with E-state index < -0.39 is 0 Å². The molecule has 1 aromatic carbocycles. The van der Waals surface area contributed by atoms with Crippen LogP contribution in [0.4, 0.5) is 10.5 Å². The summed E-state index contributed by atoms with van der Waals surface area (Å²) in [6, 6.07) is 5.89. The van der Waals surface area contributed by atoms with Crippen LogP contribution in [0.15, 0.2) is 18.2 Å². The maximum absolute atomic E-state index is 12.0. The molecule has 1 fully saturated rings. The van der Waals surface area contributed by atoms with Gasteiger partial charge in [0.1, 0.15) is 6.10 Å². The molecule has 2 rings (SSSR count). The van der Waals surface area contributed by atoms with Crippen LogP contribution in [0.25, 0.3) is 0 Å². The summed E-state index contributed by atoms with van der Waals surface area (Å²) in [4.78, 5) is 25.1. The number of rotatable bonds is 4. The van der Waals surface area contributed by atoms with Crippen LogP contribution in [-0.2, 0) is 9.53 Å². The Kier molecular flexibility index (Phi) is 4.50. The van der Waals surface area contributed by atoms with Crippen molar-refractivity contribution in [3.05, 3.63) is 29.3 Å². The molecule has 1 unspecified atom stereocenters. The molecule has 21 heavy (non-hydrogen) atoms. The Labute approximate surface area is 125 Å². The largest absolute Gasteiger partial charge is 0.442 e. The molecule has 5 nitrogen and oxygen atoms in total. The third-order valence-electron chi connectivity index (χ3n) is 3.70. The minimum absolute atomic E-state index is 0.0318. The fourth-order valence-electron chi connectivity index (χ4n) is 2.15. The number of nitrogens with zero attached hydrogens (tertiary/aromatic N) is 1. The number of anilines is 1. The van der Waals surface area contributed by atoms with Crippen molar-refractivity contribution in [3.63, 3.8) is 0 Å². The number of nitrogens with one attached hydrogen (secondary N) is 1. The van der Waals surface area contributed by atoms with Crippen LogP contribution in [-0.4, -0.2) is 31.2 Å². The van der Waals surface area contributed by atoms with E-state index in [-0.39, 0.29) is 24.0 Å². The van der Waals surface area contributed by atoms with Crippen molar-refractivity contribution in [2.45, 2.75) is 33.8 Å². The Balaban J connectivity index is 1.99. The average Bonchev–Trinajstić information content (AvgIpc) is 2.80. The number of hydrogen-bond acceptors (Lipinski definition) is 3.